The molecular formula is C31H30F2N2O2. The second kappa shape index (κ2) is 10.3. The summed E-state index contributed by atoms with van der Waals surface area (Å²) in [6.07, 6.45) is 0.532. The Kier molecular flexibility index (Phi) is 6.92. The molecule has 0 aliphatic carbocycles. The summed E-state index contributed by atoms with van der Waals surface area (Å²) in [6, 6.07) is 20.1. The maximum absolute atomic E-state index is 13.7. The molecule has 0 spiro atoms. The second-order valence-electron chi connectivity index (χ2n) is 9.98. The summed E-state index contributed by atoms with van der Waals surface area (Å²) in [7, 11) is 0. The zero-order valence-corrected chi connectivity index (χ0v) is 21.3. The van der Waals surface area contributed by atoms with Crippen molar-refractivity contribution in [1.29, 1.82) is 0 Å². The van der Waals surface area contributed by atoms with E-state index in [4.69, 9.17) is 4.74 Å². The number of hydrogen-bond acceptors (Lipinski definition) is 3. The summed E-state index contributed by atoms with van der Waals surface area (Å²) in [5.74, 6) is -1.09. The third kappa shape index (κ3) is 5.06. The summed E-state index contributed by atoms with van der Waals surface area (Å²) in [5, 5.41) is 0.880. The summed E-state index contributed by atoms with van der Waals surface area (Å²) >= 11 is 0. The predicted molar refractivity (Wildman–Crippen MR) is 143 cm³/mol. The predicted octanol–water partition coefficient (Wildman–Crippen LogP) is 7.07. The van der Waals surface area contributed by atoms with Crippen molar-refractivity contribution in [2.75, 3.05) is 6.61 Å². The van der Waals surface area contributed by atoms with Gasteiger partial charge in [0, 0.05) is 35.2 Å². The van der Waals surface area contributed by atoms with Crippen LogP contribution >= 0.6 is 0 Å². The van der Waals surface area contributed by atoms with Crippen LogP contribution in [0, 0.1) is 11.6 Å². The molecule has 0 saturated heterocycles. The highest BCUT2D eigenvalue weighted by molar-refractivity contribution is 6.11. The molecule has 2 heterocycles. The first-order valence-electron chi connectivity index (χ1n) is 12.7. The van der Waals surface area contributed by atoms with Crippen LogP contribution in [-0.2, 0) is 17.7 Å². The first-order valence-corrected chi connectivity index (χ1v) is 12.7. The van der Waals surface area contributed by atoms with Crippen LogP contribution in [0.2, 0.25) is 0 Å². The van der Waals surface area contributed by atoms with Crippen molar-refractivity contribution >= 4 is 22.6 Å². The number of aromatic nitrogens is 1. The Bertz CT molecular complexity index is 1490. The maximum atomic E-state index is 13.7. The van der Waals surface area contributed by atoms with Crippen LogP contribution in [-0.4, -0.2) is 28.9 Å². The summed E-state index contributed by atoms with van der Waals surface area (Å²) in [6.45, 7) is 7.38. The third-order valence-electron chi connectivity index (χ3n) is 6.78. The van der Waals surface area contributed by atoms with Crippen molar-refractivity contribution in [1.82, 2.24) is 4.57 Å². The molecule has 0 radical (unpaired) electrons. The lowest BCUT2D eigenvalue weighted by Gasteiger charge is -2.15. The fourth-order valence-electron chi connectivity index (χ4n) is 5.04. The number of Topliss-reactive ketones (excluding diaryl/α,β-unsaturated/α-hetero) is 1. The smallest absolute Gasteiger partial charge is 0.216 e. The zero-order chi connectivity index (χ0) is 26.1. The second-order valence-corrected chi connectivity index (χ2v) is 9.98. The van der Waals surface area contributed by atoms with E-state index in [9.17, 15) is 13.6 Å². The Morgan fingerprint density at radius 3 is 2.49 bits per heavy atom. The van der Waals surface area contributed by atoms with Gasteiger partial charge in [-0.05, 0) is 54.7 Å². The molecule has 1 aliphatic heterocycles. The van der Waals surface area contributed by atoms with Gasteiger partial charge in [0.1, 0.15) is 6.61 Å². The van der Waals surface area contributed by atoms with E-state index in [0.717, 1.165) is 33.8 Å². The SMILES string of the molecule is CC(C)c1c(C(=O)CCc2ccc(F)c(F)c2)c2ccc(C3=N[C@H](C)CO3)cc2n1Cc1ccccc1. The number of aryl methyl sites for hydroxylation is 1. The van der Waals surface area contributed by atoms with Crippen LogP contribution in [0.25, 0.3) is 10.9 Å². The van der Waals surface area contributed by atoms with Crippen LogP contribution in [0.15, 0.2) is 71.7 Å². The van der Waals surface area contributed by atoms with Gasteiger partial charge in [-0.2, -0.15) is 0 Å². The maximum Gasteiger partial charge on any atom is 0.216 e. The largest absolute Gasteiger partial charge is 0.475 e. The summed E-state index contributed by atoms with van der Waals surface area (Å²) in [4.78, 5) is 18.3. The molecule has 1 aliphatic rings. The molecule has 0 saturated carbocycles. The van der Waals surface area contributed by atoms with Gasteiger partial charge < -0.3 is 9.30 Å². The van der Waals surface area contributed by atoms with E-state index in [1.807, 2.05) is 37.3 Å². The third-order valence-corrected chi connectivity index (χ3v) is 6.78. The minimum Gasteiger partial charge on any atom is -0.475 e. The number of hydrogen-bond donors (Lipinski definition) is 0. The number of carbonyl (C=O) groups excluding carboxylic acids is 1. The lowest BCUT2D eigenvalue weighted by molar-refractivity contribution is 0.0983. The highest BCUT2D eigenvalue weighted by Crippen LogP contribution is 2.34. The van der Waals surface area contributed by atoms with Crippen LogP contribution in [0.4, 0.5) is 8.78 Å². The minimum atomic E-state index is -0.897. The highest BCUT2D eigenvalue weighted by Gasteiger charge is 2.26. The molecule has 37 heavy (non-hydrogen) atoms. The molecule has 0 N–H and O–H groups in total. The van der Waals surface area contributed by atoms with Gasteiger partial charge in [-0.15, -0.1) is 0 Å². The molecule has 4 nitrogen and oxygen atoms in total. The highest BCUT2D eigenvalue weighted by atomic mass is 19.2. The Morgan fingerprint density at radius 1 is 1.03 bits per heavy atom. The molecule has 1 atom stereocenters. The monoisotopic (exact) mass is 500 g/mol. The fourth-order valence-corrected chi connectivity index (χ4v) is 5.04. The van der Waals surface area contributed by atoms with Crippen LogP contribution in [0.3, 0.4) is 0 Å². The number of nitrogens with zero attached hydrogens (tertiary/aromatic N) is 2. The quantitative estimate of drug-likeness (QED) is 0.243. The van der Waals surface area contributed by atoms with E-state index in [-0.39, 0.29) is 24.2 Å². The van der Waals surface area contributed by atoms with Gasteiger partial charge in [-0.3, -0.25) is 4.79 Å². The van der Waals surface area contributed by atoms with Crippen molar-refractivity contribution in [3.8, 4) is 0 Å². The molecule has 5 rings (SSSR count). The number of ketones is 1. The molecule has 190 valence electrons. The number of rotatable bonds is 8. The van der Waals surface area contributed by atoms with Crippen molar-refractivity contribution in [3.63, 3.8) is 0 Å². The number of benzene rings is 3. The molecular weight excluding hydrogens is 470 g/mol. The number of halogens is 2. The molecule has 6 heteroatoms. The van der Waals surface area contributed by atoms with E-state index < -0.39 is 11.6 Å². The fraction of sp³-hybridized carbons (Fsp3) is 0.290. The lowest BCUT2D eigenvalue weighted by Crippen LogP contribution is -2.11. The molecule has 4 aromatic rings. The van der Waals surface area contributed by atoms with Gasteiger partial charge in [0.25, 0.3) is 0 Å². The van der Waals surface area contributed by atoms with Crippen molar-refractivity contribution in [2.24, 2.45) is 4.99 Å². The summed E-state index contributed by atoms with van der Waals surface area (Å²) in [5.41, 5.74) is 5.23. The first kappa shape index (κ1) is 24.9. The number of aliphatic imine (C=N–C) groups is 1. The van der Waals surface area contributed by atoms with E-state index in [0.29, 0.717) is 36.6 Å². The topological polar surface area (TPSA) is 43.6 Å². The Morgan fingerprint density at radius 2 is 1.81 bits per heavy atom. The zero-order valence-electron chi connectivity index (χ0n) is 21.3. The van der Waals surface area contributed by atoms with Gasteiger partial charge in [-0.1, -0.05) is 56.3 Å². The lowest BCUT2D eigenvalue weighted by atomic mass is 9.96. The van der Waals surface area contributed by atoms with Gasteiger partial charge in [0.2, 0.25) is 5.90 Å². The van der Waals surface area contributed by atoms with Crippen molar-refractivity contribution in [2.45, 2.75) is 52.1 Å². The van der Waals surface area contributed by atoms with Crippen molar-refractivity contribution in [3.05, 3.63) is 106 Å². The average Bonchev–Trinajstić information content (AvgIpc) is 3.46. The minimum absolute atomic E-state index is 0.0129. The van der Waals surface area contributed by atoms with E-state index in [1.54, 1.807) is 0 Å². The first-order chi connectivity index (χ1) is 17.8. The number of fused-ring (bicyclic) bond motifs is 1. The molecule has 0 amide bonds. The number of carbonyl (C=O) groups is 1. The van der Waals surface area contributed by atoms with Crippen LogP contribution < -0.4 is 0 Å². The van der Waals surface area contributed by atoms with Crippen LogP contribution in [0.5, 0.6) is 0 Å². The van der Waals surface area contributed by atoms with Gasteiger partial charge in [0.15, 0.2) is 17.4 Å². The normalized spacial score (nSPS) is 15.3. The molecule has 1 aromatic heterocycles. The standard InChI is InChI=1S/C31H30F2N2O2/c1-19(2)30-29(28(36)14-10-21-9-13-25(32)26(33)15-21)24-12-11-23(31-34-20(3)18-37-31)16-27(24)35(30)17-22-7-5-4-6-8-22/h4-9,11-13,15-16,19-20H,10,14,17-18H2,1-3H3/t20-/m1/s1. The number of ether oxygens (including phenoxy) is 1. The summed E-state index contributed by atoms with van der Waals surface area (Å²) < 4.78 is 35.1. The van der Waals surface area contributed by atoms with Gasteiger partial charge >= 0.3 is 0 Å². The van der Waals surface area contributed by atoms with E-state index in [2.05, 4.69) is 41.6 Å². The van der Waals surface area contributed by atoms with Crippen molar-refractivity contribution < 1.29 is 18.3 Å². The molecule has 0 bridgehead atoms. The van der Waals surface area contributed by atoms with E-state index >= 15 is 0 Å². The molecule has 0 fully saturated rings. The van der Waals surface area contributed by atoms with E-state index in [1.165, 1.54) is 12.1 Å². The Hall–Kier alpha value is -3.80. The Balaban J connectivity index is 1.60. The average molecular weight is 501 g/mol. The molecule has 0 unspecified atom stereocenters. The van der Waals surface area contributed by atoms with Gasteiger partial charge in [0.05, 0.1) is 11.6 Å². The van der Waals surface area contributed by atoms with Crippen LogP contribution in [0.1, 0.15) is 65.9 Å². The Labute approximate surface area is 215 Å². The van der Waals surface area contributed by atoms with Gasteiger partial charge in [-0.25, -0.2) is 13.8 Å². The molecule has 3 aromatic carbocycles.